The molecule has 0 aliphatic carbocycles. The average Bonchev–Trinajstić information content (AvgIpc) is 3.31. The Labute approximate surface area is 173 Å². The second-order valence-electron chi connectivity index (χ2n) is 7.83. The molecule has 1 saturated heterocycles. The van der Waals surface area contributed by atoms with Crippen LogP contribution in [0.4, 0.5) is 0 Å². The molecule has 0 amide bonds. The van der Waals surface area contributed by atoms with Crippen LogP contribution < -0.4 is 5.32 Å². The van der Waals surface area contributed by atoms with Crippen LogP contribution in [0.3, 0.4) is 0 Å². The van der Waals surface area contributed by atoms with Gasteiger partial charge < -0.3 is 5.32 Å². The number of hydrogen-bond acceptors (Lipinski definition) is 1. The van der Waals surface area contributed by atoms with Gasteiger partial charge in [0.2, 0.25) is 0 Å². The summed E-state index contributed by atoms with van der Waals surface area (Å²) in [5.74, 6) is 0. The zero-order valence-corrected chi connectivity index (χ0v) is 16.5. The van der Waals surface area contributed by atoms with Crippen LogP contribution in [0.1, 0.15) is 36.1 Å². The van der Waals surface area contributed by atoms with E-state index in [0.717, 1.165) is 0 Å². The molecule has 29 heavy (non-hydrogen) atoms. The van der Waals surface area contributed by atoms with Gasteiger partial charge in [-0.3, -0.25) is 0 Å². The zero-order valence-electron chi connectivity index (χ0n) is 16.5. The van der Waals surface area contributed by atoms with Gasteiger partial charge in [0.25, 0.3) is 0 Å². The van der Waals surface area contributed by atoms with E-state index in [9.17, 15) is 0 Å². The van der Waals surface area contributed by atoms with Gasteiger partial charge in [-0.1, -0.05) is 109 Å². The van der Waals surface area contributed by atoms with Crippen molar-refractivity contribution in [1.29, 1.82) is 0 Å². The highest BCUT2D eigenvalue weighted by molar-refractivity contribution is 5.64. The number of hydrogen-bond donors (Lipinski definition) is 1. The molecule has 1 aliphatic rings. The van der Waals surface area contributed by atoms with Crippen molar-refractivity contribution in [2.75, 3.05) is 0 Å². The third-order valence-electron chi connectivity index (χ3n) is 5.99. The van der Waals surface area contributed by atoms with Crippen LogP contribution in [0.5, 0.6) is 0 Å². The first-order valence-corrected chi connectivity index (χ1v) is 10.4. The zero-order chi connectivity index (χ0) is 19.5. The van der Waals surface area contributed by atoms with E-state index in [1.165, 1.54) is 46.2 Å². The van der Waals surface area contributed by atoms with Crippen molar-refractivity contribution in [1.82, 2.24) is 5.32 Å². The molecule has 0 aromatic heterocycles. The topological polar surface area (TPSA) is 12.0 Å². The lowest BCUT2D eigenvalue weighted by molar-refractivity contribution is 0.575. The Kier molecular flexibility index (Phi) is 4.98. The van der Waals surface area contributed by atoms with Crippen LogP contribution in [0, 0.1) is 0 Å². The summed E-state index contributed by atoms with van der Waals surface area (Å²) in [6.45, 7) is 0. The lowest BCUT2D eigenvalue weighted by Gasteiger charge is -2.16. The SMILES string of the molecule is c1ccc(-c2ccc([C@H]3CC[C@H](c4ccc(-c5ccccc5)cc4)N3)cc2)cc1. The van der Waals surface area contributed by atoms with Crippen LogP contribution >= 0.6 is 0 Å². The van der Waals surface area contributed by atoms with E-state index in [0.29, 0.717) is 12.1 Å². The number of rotatable bonds is 4. The van der Waals surface area contributed by atoms with Gasteiger partial charge in [0.15, 0.2) is 0 Å². The quantitative estimate of drug-likeness (QED) is 0.398. The van der Waals surface area contributed by atoms with Crippen molar-refractivity contribution < 1.29 is 0 Å². The molecule has 0 radical (unpaired) electrons. The molecule has 0 unspecified atom stereocenters. The molecule has 0 spiro atoms. The van der Waals surface area contributed by atoms with Crippen molar-refractivity contribution in [2.45, 2.75) is 24.9 Å². The smallest absolute Gasteiger partial charge is 0.0326 e. The maximum absolute atomic E-state index is 3.84. The Balaban J connectivity index is 1.28. The molecule has 1 N–H and O–H groups in total. The molecule has 4 aromatic carbocycles. The number of benzene rings is 4. The highest BCUT2D eigenvalue weighted by Gasteiger charge is 2.25. The molecular formula is C28H25N. The van der Waals surface area contributed by atoms with Crippen molar-refractivity contribution >= 4 is 0 Å². The predicted molar refractivity (Wildman–Crippen MR) is 122 cm³/mol. The molecule has 1 heterocycles. The summed E-state index contributed by atoms with van der Waals surface area (Å²) in [6.07, 6.45) is 2.35. The summed E-state index contributed by atoms with van der Waals surface area (Å²) in [6, 6.07) is 40.1. The van der Waals surface area contributed by atoms with Gasteiger partial charge in [-0.25, -0.2) is 0 Å². The maximum Gasteiger partial charge on any atom is 0.0326 e. The Morgan fingerprint density at radius 1 is 0.414 bits per heavy atom. The highest BCUT2D eigenvalue weighted by Crippen LogP contribution is 2.35. The average molecular weight is 376 g/mol. The molecule has 2 atom stereocenters. The predicted octanol–water partition coefficient (Wildman–Crippen LogP) is 7.19. The Morgan fingerprint density at radius 3 is 1.14 bits per heavy atom. The Morgan fingerprint density at radius 2 is 0.759 bits per heavy atom. The van der Waals surface area contributed by atoms with Gasteiger partial charge in [-0.05, 0) is 46.2 Å². The van der Waals surface area contributed by atoms with E-state index >= 15 is 0 Å². The van der Waals surface area contributed by atoms with Gasteiger partial charge in [-0.2, -0.15) is 0 Å². The molecule has 1 nitrogen and oxygen atoms in total. The van der Waals surface area contributed by atoms with Gasteiger partial charge >= 0.3 is 0 Å². The summed E-state index contributed by atoms with van der Waals surface area (Å²) in [5.41, 5.74) is 7.87. The molecule has 1 aliphatic heterocycles. The van der Waals surface area contributed by atoms with E-state index in [2.05, 4.69) is 115 Å². The first kappa shape index (κ1) is 17.9. The molecule has 1 fully saturated rings. The molecule has 5 rings (SSSR count). The summed E-state index contributed by atoms with van der Waals surface area (Å²) in [7, 11) is 0. The van der Waals surface area contributed by atoms with E-state index in [4.69, 9.17) is 0 Å². The van der Waals surface area contributed by atoms with E-state index < -0.39 is 0 Å². The first-order valence-electron chi connectivity index (χ1n) is 10.4. The first-order chi connectivity index (χ1) is 14.4. The Hall–Kier alpha value is -3.16. The standard InChI is InChI=1S/C28H25N/c1-3-7-21(8-4-1)23-11-15-25(16-12-23)27-19-20-28(29-27)26-17-13-24(14-18-26)22-9-5-2-6-10-22/h1-18,27-29H,19-20H2/t27-,28-/m1/s1. The fraction of sp³-hybridized carbons (Fsp3) is 0.143. The summed E-state index contributed by atoms with van der Waals surface area (Å²) >= 11 is 0. The molecule has 142 valence electrons. The van der Waals surface area contributed by atoms with E-state index in [1.807, 2.05) is 0 Å². The van der Waals surface area contributed by atoms with Gasteiger partial charge in [0.05, 0.1) is 0 Å². The van der Waals surface area contributed by atoms with Crippen LogP contribution in [-0.2, 0) is 0 Å². The van der Waals surface area contributed by atoms with Crippen molar-refractivity contribution in [2.24, 2.45) is 0 Å². The lowest BCUT2D eigenvalue weighted by atomic mass is 9.99. The maximum atomic E-state index is 3.84. The second kappa shape index (κ2) is 8.06. The second-order valence-corrected chi connectivity index (χ2v) is 7.83. The van der Waals surface area contributed by atoms with Crippen molar-refractivity contribution in [3.8, 4) is 22.3 Å². The third kappa shape index (κ3) is 3.87. The van der Waals surface area contributed by atoms with Crippen LogP contribution in [0.25, 0.3) is 22.3 Å². The summed E-state index contributed by atoms with van der Waals surface area (Å²) in [5, 5.41) is 3.84. The van der Waals surface area contributed by atoms with Crippen LogP contribution in [-0.4, -0.2) is 0 Å². The van der Waals surface area contributed by atoms with E-state index in [1.54, 1.807) is 0 Å². The molecule has 0 saturated carbocycles. The number of nitrogens with one attached hydrogen (secondary N) is 1. The summed E-state index contributed by atoms with van der Waals surface area (Å²) < 4.78 is 0. The molecule has 4 aromatic rings. The lowest BCUT2D eigenvalue weighted by Crippen LogP contribution is -2.17. The third-order valence-corrected chi connectivity index (χ3v) is 5.99. The van der Waals surface area contributed by atoms with Gasteiger partial charge in [0.1, 0.15) is 0 Å². The van der Waals surface area contributed by atoms with E-state index in [-0.39, 0.29) is 0 Å². The highest BCUT2D eigenvalue weighted by atomic mass is 15.0. The normalized spacial score (nSPS) is 18.6. The minimum Gasteiger partial charge on any atom is -0.303 e. The minimum atomic E-state index is 0.429. The monoisotopic (exact) mass is 375 g/mol. The molecular weight excluding hydrogens is 350 g/mol. The fourth-order valence-corrected chi connectivity index (χ4v) is 4.35. The minimum absolute atomic E-state index is 0.429. The Bertz CT molecular complexity index is 962. The van der Waals surface area contributed by atoms with Crippen LogP contribution in [0.15, 0.2) is 109 Å². The van der Waals surface area contributed by atoms with Gasteiger partial charge in [-0.15, -0.1) is 0 Å². The van der Waals surface area contributed by atoms with Crippen molar-refractivity contribution in [3.63, 3.8) is 0 Å². The van der Waals surface area contributed by atoms with Crippen molar-refractivity contribution in [3.05, 3.63) is 120 Å². The van der Waals surface area contributed by atoms with Gasteiger partial charge in [0, 0.05) is 12.1 Å². The summed E-state index contributed by atoms with van der Waals surface area (Å²) in [4.78, 5) is 0. The molecule has 0 bridgehead atoms. The van der Waals surface area contributed by atoms with Crippen LogP contribution in [0.2, 0.25) is 0 Å². The molecule has 1 heteroatoms. The fourth-order valence-electron chi connectivity index (χ4n) is 4.35. The largest absolute Gasteiger partial charge is 0.303 e.